The lowest BCUT2D eigenvalue weighted by Gasteiger charge is -2.11. The van der Waals surface area contributed by atoms with Gasteiger partial charge in [0.05, 0.1) is 5.56 Å². The largest absolute Gasteiger partial charge is 0.419 e. The number of ketones is 1. The van der Waals surface area contributed by atoms with Crippen molar-refractivity contribution in [3.8, 4) is 0 Å². The third-order valence-corrected chi connectivity index (χ3v) is 3.23. The number of carbonyl (C=O) groups excluding carboxylic acids is 1. The zero-order chi connectivity index (χ0) is 14.0. The van der Waals surface area contributed by atoms with E-state index in [4.69, 9.17) is 0 Å². The van der Waals surface area contributed by atoms with Gasteiger partial charge < -0.3 is 5.32 Å². The van der Waals surface area contributed by atoms with Gasteiger partial charge in [-0.15, -0.1) is 0 Å². The lowest BCUT2D eigenvalue weighted by molar-refractivity contribution is -0.140. The van der Waals surface area contributed by atoms with Gasteiger partial charge in [0.2, 0.25) is 0 Å². The molecule has 1 heterocycles. The van der Waals surface area contributed by atoms with Crippen molar-refractivity contribution in [1.29, 1.82) is 0 Å². The smallest absolute Gasteiger partial charge is 0.316 e. The first-order valence-electron chi connectivity index (χ1n) is 5.98. The van der Waals surface area contributed by atoms with Gasteiger partial charge >= 0.3 is 6.18 Å². The summed E-state index contributed by atoms with van der Waals surface area (Å²) in [4.78, 5) is 11.9. The van der Waals surface area contributed by atoms with Crippen molar-refractivity contribution in [2.75, 3.05) is 13.1 Å². The normalized spacial score (nSPS) is 19.7. The highest BCUT2D eigenvalue weighted by atomic mass is 19.4. The molecule has 19 heavy (non-hydrogen) atoms. The summed E-state index contributed by atoms with van der Waals surface area (Å²) in [7, 11) is 0. The van der Waals surface area contributed by atoms with E-state index >= 15 is 0 Å². The maximum Gasteiger partial charge on any atom is 0.419 e. The Bertz CT molecular complexity index is 478. The zero-order valence-corrected chi connectivity index (χ0v) is 10.1. The molecule has 1 aromatic carbocycles. The number of carbonyl (C=O) groups is 1. The molecule has 6 heteroatoms. The van der Waals surface area contributed by atoms with Crippen molar-refractivity contribution in [3.63, 3.8) is 0 Å². The standard InChI is InChI=1S/C13H13F4NO/c14-11-2-1-9(6-10(11)13(15,16)17)12(19)5-8-3-4-18-7-8/h1-2,6,8,18H,3-5,7H2. The van der Waals surface area contributed by atoms with Crippen molar-refractivity contribution in [3.05, 3.63) is 35.1 Å². The predicted octanol–water partition coefficient (Wildman–Crippen LogP) is 3.03. The number of Topliss-reactive ketones (excluding diaryl/α,β-unsaturated/α-hetero) is 1. The highest BCUT2D eigenvalue weighted by Gasteiger charge is 2.34. The molecule has 1 fully saturated rings. The summed E-state index contributed by atoms with van der Waals surface area (Å²) in [5.41, 5.74) is -1.47. The van der Waals surface area contributed by atoms with Gasteiger partial charge in [-0.25, -0.2) is 4.39 Å². The average Bonchev–Trinajstić information content (AvgIpc) is 2.80. The van der Waals surface area contributed by atoms with Crippen molar-refractivity contribution in [2.24, 2.45) is 5.92 Å². The summed E-state index contributed by atoms with van der Waals surface area (Å²) in [6, 6.07) is 2.40. The van der Waals surface area contributed by atoms with Crippen molar-refractivity contribution < 1.29 is 22.4 Å². The van der Waals surface area contributed by atoms with Crippen LogP contribution in [-0.4, -0.2) is 18.9 Å². The van der Waals surface area contributed by atoms with Crippen LogP contribution in [0.4, 0.5) is 17.6 Å². The van der Waals surface area contributed by atoms with Gasteiger partial charge in [0.15, 0.2) is 5.78 Å². The molecule has 0 radical (unpaired) electrons. The highest BCUT2D eigenvalue weighted by Crippen LogP contribution is 2.32. The third kappa shape index (κ3) is 3.32. The van der Waals surface area contributed by atoms with Gasteiger partial charge in [0.1, 0.15) is 5.82 Å². The summed E-state index contributed by atoms with van der Waals surface area (Å²) >= 11 is 0. The lowest BCUT2D eigenvalue weighted by atomic mass is 9.96. The van der Waals surface area contributed by atoms with E-state index in [1.807, 2.05) is 0 Å². The summed E-state index contributed by atoms with van der Waals surface area (Å²) in [5, 5.41) is 3.08. The molecule has 0 saturated carbocycles. The molecule has 104 valence electrons. The van der Waals surface area contributed by atoms with Crippen LogP contribution in [0.2, 0.25) is 0 Å². The molecule has 1 aliphatic rings. The fourth-order valence-electron chi connectivity index (χ4n) is 2.18. The van der Waals surface area contributed by atoms with E-state index in [1.54, 1.807) is 0 Å². The van der Waals surface area contributed by atoms with Crippen LogP contribution in [0.1, 0.15) is 28.8 Å². The van der Waals surface area contributed by atoms with Gasteiger partial charge in [0, 0.05) is 12.0 Å². The first-order chi connectivity index (χ1) is 8.88. The molecule has 0 aromatic heterocycles. The molecule has 2 rings (SSSR count). The second-order valence-corrected chi connectivity index (χ2v) is 4.68. The minimum Gasteiger partial charge on any atom is -0.316 e. The minimum absolute atomic E-state index is 0.0828. The fourth-order valence-corrected chi connectivity index (χ4v) is 2.18. The topological polar surface area (TPSA) is 29.1 Å². The predicted molar refractivity (Wildman–Crippen MR) is 61.3 cm³/mol. The summed E-state index contributed by atoms with van der Waals surface area (Å²) in [5.74, 6) is -1.59. The van der Waals surface area contributed by atoms with Gasteiger partial charge in [0.25, 0.3) is 0 Å². The monoisotopic (exact) mass is 275 g/mol. The molecular weight excluding hydrogens is 262 g/mol. The number of nitrogens with one attached hydrogen (secondary N) is 1. The van der Waals surface area contributed by atoms with Gasteiger partial charge in [-0.3, -0.25) is 4.79 Å². The molecule has 1 unspecified atom stereocenters. The zero-order valence-electron chi connectivity index (χ0n) is 10.1. The average molecular weight is 275 g/mol. The minimum atomic E-state index is -4.78. The molecule has 1 saturated heterocycles. The van der Waals surface area contributed by atoms with Crippen LogP contribution in [0.5, 0.6) is 0 Å². The molecule has 0 bridgehead atoms. The SMILES string of the molecule is O=C(CC1CCNC1)c1ccc(F)c(C(F)(F)F)c1. The van der Waals surface area contributed by atoms with Crippen molar-refractivity contribution in [1.82, 2.24) is 5.32 Å². The molecule has 1 N–H and O–H groups in total. The Morgan fingerprint density at radius 2 is 2.11 bits per heavy atom. The van der Waals surface area contributed by atoms with E-state index in [0.29, 0.717) is 18.7 Å². The Morgan fingerprint density at radius 3 is 2.68 bits per heavy atom. The van der Waals surface area contributed by atoms with Crippen LogP contribution in [0, 0.1) is 11.7 Å². The first-order valence-corrected chi connectivity index (χ1v) is 5.98. The van der Waals surface area contributed by atoms with Crippen LogP contribution in [0.15, 0.2) is 18.2 Å². The molecular formula is C13H13F4NO. The van der Waals surface area contributed by atoms with Crippen LogP contribution in [0.25, 0.3) is 0 Å². The van der Waals surface area contributed by atoms with Crippen LogP contribution in [0.3, 0.4) is 0 Å². The molecule has 0 amide bonds. The van der Waals surface area contributed by atoms with Gasteiger partial charge in [-0.05, 0) is 43.6 Å². The van der Waals surface area contributed by atoms with E-state index in [-0.39, 0.29) is 23.7 Å². The lowest BCUT2D eigenvalue weighted by Crippen LogP contribution is -2.14. The maximum atomic E-state index is 13.1. The second kappa shape index (κ2) is 5.28. The molecule has 0 aliphatic carbocycles. The summed E-state index contributed by atoms with van der Waals surface area (Å²) in [6.45, 7) is 1.51. The number of benzene rings is 1. The van der Waals surface area contributed by atoms with Gasteiger partial charge in [-0.1, -0.05) is 0 Å². The molecule has 0 spiro atoms. The molecule has 1 aliphatic heterocycles. The number of halogens is 4. The number of hydrogen-bond acceptors (Lipinski definition) is 2. The maximum absolute atomic E-state index is 13.1. The summed E-state index contributed by atoms with van der Waals surface area (Å²) < 4.78 is 50.7. The Hall–Kier alpha value is -1.43. The molecule has 1 atom stereocenters. The quantitative estimate of drug-likeness (QED) is 0.678. The van der Waals surface area contributed by atoms with E-state index < -0.39 is 17.6 Å². The number of alkyl halides is 3. The van der Waals surface area contributed by atoms with E-state index in [2.05, 4.69) is 5.32 Å². The Balaban J connectivity index is 2.18. The molecule has 2 nitrogen and oxygen atoms in total. The van der Waals surface area contributed by atoms with Gasteiger partial charge in [-0.2, -0.15) is 13.2 Å². The summed E-state index contributed by atoms with van der Waals surface area (Å²) in [6.07, 6.45) is -3.76. The Labute approximate surface area is 107 Å². The molecule has 1 aromatic rings. The third-order valence-electron chi connectivity index (χ3n) is 3.23. The van der Waals surface area contributed by atoms with Crippen LogP contribution in [-0.2, 0) is 6.18 Å². The Kier molecular flexibility index (Phi) is 3.89. The van der Waals surface area contributed by atoms with Crippen molar-refractivity contribution in [2.45, 2.75) is 19.0 Å². The first kappa shape index (κ1) is 14.0. The van der Waals surface area contributed by atoms with Crippen LogP contribution >= 0.6 is 0 Å². The van der Waals surface area contributed by atoms with Crippen LogP contribution < -0.4 is 5.32 Å². The Morgan fingerprint density at radius 1 is 1.37 bits per heavy atom. The van der Waals surface area contributed by atoms with E-state index in [1.165, 1.54) is 0 Å². The fraction of sp³-hybridized carbons (Fsp3) is 0.462. The number of rotatable bonds is 3. The van der Waals surface area contributed by atoms with E-state index in [0.717, 1.165) is 19.0 Å². The second-order valence-electron chi connectivity index (χ2n) is 4.68. The number of hydrogen-bond donors (Lipinski definition) is 1. The van der Waals surface area contributed by atoms with Crippen molar-refractivity contribution >= 4 is 5.78 Å². The highest BCUT2D eigenvalue weighted by molar-refractivity contribution is 5.96. The van der Waals surface area contributed by atoms with E-state index in [9.17, 15) is 22.4 Å².